The van der Waals surface area contributed by atoms with Crippen LogP contribution in [0.3, 0.4) is 0 Å². The van der Waals surface area contributed by atoms with Gasteiger partial charge in [0.05, 0.1) is 5.88 Å². The van der Waals surface area contributed by atoms with Gasteiger partial charge in [0.25, 0.3) is 0 Å². The monoisotopic (exact) mass is 197 g/mol. The number of hydrazine groups is 1. The number of thioether (sulfide) groups is 1. The molecule has 1 atom stereocenters. The van der Waals surface area contributed by atoms with Crippen molar-refractivity contribution in [2.45, 2.75) is 13.0 Å². The van der Waals surface area contributed by atoms with E-state index in [-0.39, 0.29) is 0 Å². The molecule has 0 aliphatic carbocycles. The highest BCUT2D eigenvalue weighted by molar-refractivity contribution is 7.98. The summed E-state index contributed by atoms with van der Waals surface area (Å²) in [6, 6.07) is 4.34. The first-order valence-electron chi connectivity index (χ1n) is 4.22. The summed E-state index contributed by atoms with van der Waals surface area (Å²) in [5.41, 5.74) is 7.57. The van der Waals surface area contributed by atoms with E-state index in [1.807, 2.05) is 24.5 Å². The number of hydrogen-bond acceptors (Lipinski definition) is 4. The second kappa shape index (κ2) is 5.96. The Morgan fingerprint density at radius 2 is 2.15 bits per heavy atom. The first kappa shape index (κ1) is 10.5. The molecule has 0 saturated heterocycles. The molecular formula is C9H15N3S. The normalized spacial score (nSPS) is 12.8. The Morgan fingerprint density at radius 1 is 1.46 bits per heavy atom. The van der Waals surface area contributed by atoms with Crippen molar-refractivity contribution in [1.82, 2.24) is 15.8 Å². The van der Waals surface area contributed by atoms with Gasteiger partial charge in [-0.3, -0.25) is 4.98 Å². The van der Waals surface area contributed by atoms with E-state index in [1.54, 1.807) is 11.8 Å². The number of hydrogen-bond donors (Lipinski definition) is 2. The molecule has 1 aromatic heterocycles. The summed E-state index contributed by atoms with van der Waals surface area (Å²) in [6.07, 6.45) is 5.68. The Bertz CT molecular complexity index is 228. The largest absolute Gasteiger partial charge is 0.265 e. The molecule has 3 nitrogen and oxygen atoms in total. The average Bonchev–Trinajstić information content (AvgIpc) is 2.19. The summed E-state index contributed by atoms with van der Waals surface area (Å²) in [5, 5.41) is 0. The molecule has 0 aromatic carbocycles. The molecule has 4 heteroatoms. The molecule has 0 spiro atoms. The molecule has 2 N–H and O–H groups in total. The number of nitrogens with one attached hydrogen (secondary N) is 2. The minimum atomic E-state index is 0.315. The third kappa shape index (κ3) is 3.76. The molecule has 1 aromatic rings. The minimum Gasteiger partial charge on any atom is -0.265 e. The van der Waals surface area contributed by atoms with Crippen molar-refractivity contribution in [3.8, 4) is 0 Å². The molecule has 13 heavy (non-hydrogen) atoms. The molecule has 0 amide bonds. The zero-order valence-electron chi connectivity index (χ0n) is 7.95. The van der Waals surface area contributed by atoms with Crippen LogP contribution in [0.5, 0.6) is 0 Å². The first-order chi connectivity index (χ1) is 6.34. The topological polar surface area (TPSA) is 37.0 Å². The Morgan fingerprint density at radius 3 is 2.77 bits per heavy atom. The Kier molecular flexibility index (Phi) is 4.82. The highest BCUT2D eigenvalue weighted by Gasteiger charge is 2.01. The van der Waals surface area contributed by atoms with Crippen molar-refractivity contribution in [3.63, 3.8) is 0 Å². The van der Waals surface area contributed by atoms with Crippen molar-refractivity contribution in [3.05, 3.63) is 30.1 Å². The molecule has 0 bridgehead atoms. The number of rotatable bonds is 5. The second-order valence-electron chi connectivity index (χ2n) is 2.76. The molecule has 0 fully saturated rings. The van der Waals surface area contributed by atoms with Crippen LogP contribution in [0.2, 0.25) is 0 Å². The number of nitrogens with zero attached hydrogens (tertiary/aromatic N) is 1. The highest BCUT2D eigenvalue weighted by atomic mass is 32.2. The van der Waals surface area contributed by atoms with Crippen LogP contribution in [-0.2, 0) is 0 Å². The smallest absolute Gasteiger partial charge is 0.0554 e. The van der Waals surface area contributed by atoms with Crippen molar-refractivity contribution in [1.29, 1.82) is 0 Å². The molecule has 1 rings (SSSR count). The third-order valence-electron chi connectivity index (χ3n) is 1.74. The fourth-order valence-electron chi connectivity index (χ4n) is 1.00. The SMILES string of the molecule is CSCNNC(C)c1ccncc1. The van der Waals surface area contributed by atoms with Crippen molar-refractivity contribution < 1.29 is 0 Å². The maximum absolute atomic E-state index is 3.97. The molecule has 0 aliphatic rings. The quantitative estimate of drug-likeness (QED) is 0.427. The maximum Gasteiger partial charge on any atom is 0.0554 e. The van der Waals surface area contributed by atoms with Gasteiger partial charge in [0.2, 0.25) is 0 Å². The van der Waals surface area contributed by atoms with Crippen LogP contribution in [0.1, 0.15) is 18.5 Å². The fourth-order valence-corrected chi connectivity index (χ4v) is 1.23. The molecule has 0 saturated carbocycles. The minimum absolute atomic E-state index is 0.315. The standard InChI is InChI=1S/C9H15N3S/c1-8(12-11-7-13-2)9-3-5-10-6-4-9/h3-6,8,11-12H,7H2,1-2H3. The second-order valence-corrected chi connectivity index (χ2v) is 3.62. The molecule has 1 unspecified atom stereocenters. The van der Waals surface area contributed by atoms with Gasteiger partial charge in [0.15, 0.2) is 0 Å². The lowest BCUT2D eigenvalue weighted by molar-refractivity contribution is 0.498. The van der Waals surface area contributed by atoms with Crippen LogP contribution in [0.25, 0.3) is 0 Å². The lowest BCUT2D eigenvalue weighted by atomic mass is 10.1. The zero-order valence-corrected chi connectivity index (χ0v) is 8.77. The number of aromatic nitrogens is 1. The van der Waals surface area contributed by atoms with Crippen LogP contribution >= 0.6 is 11.8 Å². The van der Waals surface area contributed by atoms with E-state index in [4.69, 9.17) is 0 Å². The van der Waals surface area contributed by atoms with Gasteiger partial charge in [-0.05, 0) is 30.9 Å². The van der Waals surface area contributed by atoms with E-state index < -0.39 is 0 Å². The Labute approximate surface area is 83.3 Å². The van der Waals surface area contributed by atoms with E-state index in [0.29, 0.717) is 6.04 Å². The van der Waals surface area contributed by atoms with Crippen LogP contribution < -0.4 is 10.9 Å². The summed E-state index contributed by atoms with van der Waals surface area (Å²) in [4.78, 5) is 3.97. The summed E-state index contributed by atoms with van der Waals surface area (Å²) < 4.78 is 0. The van der Waals surface area contributed by atoms with Crippen LogP contribution in [-0.4, -0.2) is 17.1 Å². The summed E-state index contributed by atoms with van der Waals surface area (Å²) >= 11 is 1.75. The molecule has 0 radical (unpaired) electrons. The van der Waals surface area contributed by atoms with Gasteiger partial charge >= 0.3 is 0 Å². The van der Waals surface area contributed by atoms with Gasteiger partial charge in [-0.1, -0.05) is 0 Å². The molecule has 1 heterocycles. The van der Waals surface area contributed by atoms with Gasteiger partial charge in [0.1, 0.15) is 0 Å². The van der Waals surface area contributed by atoms with E-state index >= 15 is 0 Å². The predicted molar refractivity (Wildman–Crippen MR) is 57.3 cm³/mol. The summed E-state index contributed by atoms with van der Waals surface area (Å²) in [5.74, 6) is 0.912. The lowest BCUT2D eigenvalue weighted by Gasteiger charge is -2.13. The average molecular weight is 197 g/mol. The van der Waals surface area contributed by atoms with Gasteiger partial charge < -0.3 is 0 Å². The van der Waals surface area contributed by atoms with E-state index in [2.05, 4.69) is 29.0 Å². The first-order valence-corrected chi connectivity index (χ1v) is 5.61. The van der Waals surface area contributed by atoms with Crippen LogP contribution in [0.15, 0.2) is 24.5 Å². The van der Waals surface area contributed by atoms with E-state index in [1.165, 1.54) is 5.56 Å². The van der Waals surface area contributed by atoms with Crippen LogP contribution in [0.4, 0.5) is 0 Å². The van der Waals surface area contributed by atoms with E-state index in [9.17, 15) is 0 Å². The Balaban J connectivity index is 2.35. The van der Waals surface area contributed by atoms with Crippen molar-refractivity contribution >= 4 is 11.8 Å². The van der Waals surface area contributed by atoms with Gasteiger partial charge in [-0.15, -0.1) is 11.8 Å². The van der Waals surface area contributed by atoms with Crippen molar-refractivity contribution in [2.24, 2.45) is 0 Å². The third-order valence-corrected chi connectivity index (χ3v) is 2.17. The lowest BCUT2D eigenvalue weighted by Crippen LogP contribution is -2.33. The maximum atomic E-state index is 3.97. The van der Waals surface area contributed by atoms with Gasteiger partial charge in [-0.25, -0.2) is 10.9 Å². The molecular weight excluding hydrogens is 182 g/mol. The predicted octanol–water partition coefficient (Wildman–Crippen LogP) is 1.56. The highest BCUT2D eigenvalue weighted by Crippen LogP contribution is 2.08. The van der Waals surface area contributed by atoms with Crippen LogP contribution in [0, 0.1) is 0 Å². The van der Waals surface area contributed by atoms with Gasteiger partial charge in [-0.2, -0.15) is 0 Å². The number of pyridine rings is 1. The van der Waals surface area contributed by atoms with Gasteiger partial charge in [0, 0.05) is 18.4 Å². The molecule has 0 aliphatic heterocycles. The fraction of sp³-hybridized carbons (Fsp3) is 0.444. The zero-order chi connectivity index (χ0) is 9.52. The summed E-state index contributed by atoms with van der Waals surface area (Å²) in [7, 11) is 0. The Hall–Kier alpha value is -0.580. The summed E-state index contributed by atoms with van der Waals surface area (Å²) in [6.45, 7) is 2.11. The van der Waals surface area contributed by atoms with Crippen molar-refractivity contribution in [2.75, 3.05) is 12.1 Å². The van der Waals surface area contributed by atoms with E-state index in [0.717, 1.165) is 5.88 Å². The molecule has 72 valence electrons.